The van der Waals surface area contributed by atoms with Crippen LogP contribution in [0.25, 0.3) is 11.1 Å². The van der Waals surface area contributed by atoms with Crippen molar-refractivity contribution in [3.8, 4) is 11.1 Å². The topological polar surface area (TPSA) is 90.4 Å². The lowest BCUT2D eigenvalue weighted by atomic mass is 9.95. The van der Waals surface area contributed by atoms with Gasteiger partial charge in [0, 0.05) is 17.5 Å². The number of halogens is 1. The Morgan fingerprint density at radius 2 is 1.92 bits per heavy atom. The lowest BCUT2D eigenvalue weighted by Gasteiger charge is -2.10. The van der Waals surface area contributed by atoms with Gasteiger partial charge in [-0.3, -0.25) is 0 Å². The van der Waals surface area contributed by atoms with Gasteiger partial charge in [-0.2, -0.15) is 0 Å². The van der Waals surface area contributed by atoms with Crippen LogP contribution in [0.5, 0.6) is 0 Å². The van der Waals surface area contributed by atoms with Crippen LogP contribution in [0.1, 0.15) is 29.9 Å². The first kappa shape index (κ1) is 16.7. The molecule has 2 aromatic carbocycles. The summed E-state index contributed by atoms with van der Waals surface area (Å²) in [6, 6.07) is 16.4. The number of benzene rings is 2. The summed E-state index contributed by atoms with van der Waals surface area (Å²) in [5.74, 6) is 0.222. The van der Waals surface area contributed by atoms with E-state index in [0.29, 0.717) is 17.0 Å². The number of rotatable bonds is 5. The molecule has 0 aliphatic heterocycles. The Labute approximate surface area is 145 Å². The minimum atomic E-state index is -0.268. The molecule has 6 heteroatoms. The smallest absolute Gasteiger partial charge is 0.186 e. The molecule has 0 spiro atoms. The molecular formula is C19H19FN4O. The lowest BCUT2D eigenvalue weighted by Crippen LogP contribution is -2.22. The maximum Gasteiger partial charge on any atom is 0.186 e. The van der Waals surface area contributed by atoms with Crippen molar-refractivity contribution in [2.75, 3.05) is 0 Å². The molecule has 5 nitrogen and oxygen atoms in total. The predicted molar refractivity (Wildman–Crippen MR) is 95.4 cm³/mol. The molecule has 1 aromatic heterocycles. The summed E-state index contributed by atoms with van der Waals surface area (Å²) in [6.07, 6.45) is 0. The Morgan fingerprint density at radius 3 is 2.60 bits per heavy atom. The highest BCUT2D eigenvalue weighted by molar-refractivity contribution is 5.75. The van der Waals surface area contributed by atoms with E-state index >= 15 is 0 Å². The van der Waals surface area contributed by atoms with Gasteiger partial charge < -0.3 is 16.0 Å². The van der Waals surface area contributed by atoms with E-state index in [-0.39, 0.29) is 24.2 Å². The quantitative estimate of drug-likeness (QED) is 0.551. The Morgan fingerprint density at radius 1 is 1.16 bits per heavy atom. The molecule has 3 aromatic rings. The van der Waals surface area contributed by atoms with Crippen LogP contribution in [-0.4, -0.2) is 11.1 Å². The van der Waals surface area contributed by atoms with E-state index in [1.54, 1.807) is 12.1 Å². The fourth-order valence-corrected chi connectivity index (χ4v) is 2.60. The fourth-order valence-electron chi connectivity index (χ4n) is 2.60. The molecule has 0 aliphatic carbocycles. The SMILES string of the molecule is CC(c1ccc(-c2ccccc2)c(F)c1)c1cc(CN=C(N)N)no1. The van der Waals surface area contributed by atoms with E-state index in [1.165, 1.54) is 6.07 Å². The standard InChI is InChI=1S/C19H19FN4O/c1-12(18-10-15(24-25-18)11-23-19(21)22)14-7-8-16(17(20)9-14)13-5-3-2-4-6-13/h2-10,12H,11H2,1H3,(H4,21,22,23). The van der Waals surface area contributed by atoms with Crippen LogP contribution in [-0.2, 0) is 6.54 Å². The van der Waals surface area contributed by atoms with E-state index in [0.717, 1.165) is 11.1 Å². The van der Waals surface area contributed by atoms with Gasteiger partial charge in [0.2, 0.25) is 0 Å². The third-order valence-corrected chi connectivity index (χ3v) is 4.01. The number of hydrogen-bond donors (Lipinski definition) is 2. The van der Waals surface area contributed by atoms with Crippen molar-refractivity contribution < 1.29 is 8.91 Å². The summed E-state index contributed by atoms with van der Waals surface area (Å²) in [5.41, 5.74) is 13.5. The summed E-state index contributed by atoms with van der Waals surface area (Å²) < 4.78 is 19.9. The van der Waals surface area contributed by atoms with Gasteiger partial charge >= 0.3 is 0 Å². The molecule has 128 valence electrons. The van der Waals surface area contributed by atoms with Crippen molar-refractivity contribution in [3.05, 3.63) is 77.4 Å². The van der Waals surface area contributed by atoms with Crippen molar-refractivity contribution in [2.45, 2.75) is 19.4 Å². The molecule has 0 bridgehead atoms. The number of aliphatic imine (C=N–C) groups is 1. The van der Waals surface area contributed by atoms with Crippen LogP contribution >= 0.6 is 0 Å². The number of aromatic nitrogens is 1. The van der Waals surface area contributed by atoms with Gasteiger partial charge in [0.1, 0.15) is 17.3 Å². The molecule has 1 heterocycles. The number of nitrogens with two attached hydrogens (primary N) is 2. The molecule has 0 fully saturated rings. The van der Waals surface area contributed by atoms with Crippen molar-refractivity contribution in [1.29, 1.82) is 0 Å². The fraction of sp³-hybridized carbons (Fsp3) is 0.158. The molecule has 3 rings (SSSR count). The first-order chi connectivity index (χ1) is 12.0. The van der Waals surface area contributed by atoms with E-state index in [2.05, 4.69) is 10.1 Å². The number of nitrogens with zero attached hydrogens (tertiary/aromatic N) is 2. The van der Waals surface area contributed by atoms with Gasteiger partial charge in [-0.05, 0) is 17.2 Å². The molecule has 1 unspecified atom stereocenters. The van der Waals surface area contributed by atoms with Crippen LogP contribution in [0, 0.1) is 5.82 Å². The lowest BCUT2D eigenvalue weighted by molar-refractivity contribution is 0.370. The van der Waals surface area contributed by atoms with Crippen molar-refractivity contribution >= 4 is 5.96 Å². The van der Waals surface area contributed by atoms with Gasteiger partial charge in [0.25, 0.3) is 0 Å². The molecule has 0 radical (unpaired) electrons. The average Bonchev–Trinajstić information content (AvgIpc) is 3.09. The maximum absolute atomic E-state index is 14.5. The van der Waals surface area contributed by atoms with Crippen LogP contribution in [0.4, 0.5) is 4.39 Å². The Balaban J connectivity index is 1.82. The van der Waals surface area contributed by atoms with Crippen LogP contribution < -0.4 is 11.5 Å². The molecule has 25 heavy (non-hydrogen) atoms. The van der Waals surface area contributed by atoms with Gasteiger partial charge in [-0.1, -0.05) is 54.5 Å². The van der Waals surface area contributed by atoms with E-state index in [4.69, 9.17) is 16.0 Å². The molecule has 0 aliphatic rings. The van der Waals surface area contributed by atoms with Crippen LogP contribution in [0.2, 0.25) is 0 Å². The second-order valence-corrected chi connectivity index (χ2v) is 5.79. The molecule has 0 saturated heterocycles. The van der Waals surface area contributed by atoms with E-state index in [9.17, 15) is 4.39 Å². The van der Waals surface area contributed by atoms with Crippen LogP contribution in [0.3, 0.4) is 0 Å². The highest BCUT2D eigenvalue weighted by Crippen LogP contribution is 2.29. The predicted octanol–water partition coefficient (Wildman–Crippen LogP) is 3.41. The van der Waals surface area contributed by atoms with Gasteiger partial charge in [-0.25, -0.2) is 9.38 Å². The molecule has 0 saturated carbocycles. The van der Waals surface area contributed by atoms with Crippen molar-refractivity contribution in [2.24, 2.45) is 16.5 Å². The normalized spacial score (nSPS) is 11.9. The summed E-state index contributed by atoms with van der Waals surface area (Å²) in [4.78, 5) is 3.89. The molecule has 0 amide bonds. The Bertz CT molecular complexity index is 885. The first-order valence-corrected chi connectivity index (χ1v) is 7.90. The Kier molecular flexibility index (Phi) is 4.79. The minimum absolute atomic E-state index is 0.00355. The zero-order chi connectivity index (χ0) is 17.8. The number of guanidine groups is 1. The summed E-state index contributed by atoms with van der Waals surface area (Å²) in [5, 5.41) is 3.94. The highest BCUT2D eigenvalue weighted by atomic mass is 19.1. The largest absolute Gasteiger partial charge is 0.370 e. The summed E-state index contributed by atoms with van der Waals surface area (Å²) in [6.45, 7) is 2.18. The van der Waals surface area contributed by atoms with Gasteiger partial charge in [0.05, 0.1) is 6.54 Å². The summed E-state index contributed by atoms with van der Waals surface area (Å²) in [7, 11) is 0. The second kappa shape index (κ2) is 7.17. The zero-order valence-corrected chi connectivity index (χ0v) is 13.8. The van der Waals surface area contributed by atoms with Crippen molar-refractivity contribution in [3.63, 3.8) is 0 Å². The third kappa shape index (κ3) is 3.85. The molecule has 1 atom stereocenters. The Hall–Kier alpha value is -3.15. The maximum atomic E-state index is 14.5. The van der Waals surface area contributed by atoms with Crippen LogP contribution in [0.15, 0.2) is 64.1 Å². The van der Waals surface area contributed by atoms with E-state index in [1.807, 2.05) is 43.3 Å². The molecular weight excluding hydrogens is 319 g/mol. The highest BCUT2D eigenvalue weighted by Gasteiger charge is 2.16. The van der Waals surface area contributed by atoms with E-state index < -0.39 is 0 Å². The molecule has 4 N–H and O–H groups in total. The number of hydrogen-bond acceptors (Lipinski definition) is 3. The summed E-state index contributed by atoms with van der Waals surface area (Å²) >= 11 is 0. The average molecular weight is 338 g/mol. The minimum Gasteiger partial charge on any atom is -0.370 e. The van der Waals surface area contributed by atoms with Crippen molar-refractivity contribution in [1.82, 2.24) is 5.16 Å². The van der Waals surface area contributed by atoms with Gasteiger partial charge in [0.15, 0.2) is 5.96 Å². The van der Waals surface area contributed by atoms with Gasteiger partial charge in [-0.15, -0.1) is 0 Å². The second-order valence-electron chi connectivity index (χ2n) is 5.79. The first-order valence-electron chi connectivity index (χ1n) is 7.90. The third-order valence-electron chi connectivity index (χ3n) is 4.01. The monoisotopic (exact) mass is 338 g/mol. The zero-order valence-electron chi connectivity index (χ0n) is 13.8.